The molecule has 0 saturated carbocycles. The van der Waals surface area contributed by atoms with Gasteiger partial charge in [0.15, 0.2) is 0 Å². The number of rotatable bonds is 1. The van der Waals surface area contributed by atoms with E-state index in [0.29, 0.717) is 10.3 Å². The number of hydrogen-bond donors (Lipinski definition) is 0. The van der Waals surface area contributed by atoms with Gasteiger partial charge in [0.1, 0.15) is 0 Å². The van der Waals surface area contributed by atoms with Crippen molar-refractivity contribution in [3.8, 4) is 0 Å². The van der Waals surface area contributed by atoms with Crippen molar-refractivity contribution in [2.45, 2.75) is 51.9 Å². The summed E-state index contributed by atoms with van der Waals surface area (Å²) in [6.45, 7) is 14.1. The maximum absolute atomic E-state index is 2.36. The fraction of sp³-hybridized carbons (Fsp3) is 0.444. The molecule has 2 rings (SSSR count). The van der Waals surface area contributed by atoms with Crippen LogP contribution in [0.15, 0.2) is 54.6 Å². The largest absolute Gasteiger partial charge is 0.748 e. The second kappa shape index (κ2) is 11.7. The molecule has 0 unspecified atom stereocenters. The molecule has 0 nitrogen and oxygen atoms in total. The Kier molecular flexibility index (Phi) is 14.4. The van der Waals surface area contributed by atoms with Crippen molar-refractivity contribution >= 4 is 38.0 Å². The number of hydrogen-bond acceptors (Lipinski definition) is 0. The van der Waals surface area contributed by atoms with Crippen LogP contribution in [0.25, 0.3) is 0 Å². The quantitative estimate of drug-likeness (QED) is 0.296. The van der Waals surface area contributed by atoms with Crippen LogP contribution in [0.4, 0.5) is 0 Å². The summed E-state index contributed by atoms with van der Waals surface area (Å²) in [5, 5.41) is 2.32. The predicted molar refractivity (Wildman–Crippen MR) is 105 cm³/mol. The third kappa shape index (κ3) is 9.39. The molecule has 0 saturated heterocycles. The second-order valence-corrected chi connectivity index (χ2v) is 10.7. The molecule has 0 aliphatic carbocycles. The zero-order valence-electron chi connectivity index (χ0n) is 14.3. The van der Waals surface area contributed by atoms with Crippen LogP contribution in [0.2, 0.25) is 0 Å². The maximum Gasteiger partial charge on any atom is 0 e. The van der Waals surface area contributed by atoms with Gasteiger partial charge in [0.25, 0.3) is 0 Å². The molecule has 4 heteroatoms. The Bertz CT molecular complexity index is 405. The molecule has 0 N–H and O–H groups in total. The van der Waals surface area contributed by atoms with Gasteiger partial charge in [0, 0.05) is 17.1 Å². The molecule has 0 fully saturated rings. The Morgan fingerprint density at radius 1 is 0.682 bits per heavy atom. The van der Waals surface area contributed by atoms with Gasteiger partial charge in [-0.1, -0.05) is 41.5 Å². The normalized spacial score (nSPS) is 10.5. The molecule has 22 heavy (non-hydrogen) atoms. The first-order valence-electron chi connectivity index (χ1n) is 6.91. The molecule has 0 radical (unpaired) electrons. The van der Waals surface area contributed by atoms with Crippen molar-refractivity contribution in [2.75, 3.05) is 0 Å². The maximum atomic E-state index is 2.36. The molecule has 0 aromatic heterocycles. The Labute approximate surface area is 161 Å². The molecule has 0 heterocycles. The average Bonchev–Trinajstić information content (AvgIpc) is 2.86. The van der Waals surface area contributed by atoms with Crippen LogP contribution in [-0.4, -0.2) is 10.3 Å². The molecule has 134 valence electrons. The minimum atomic E-state index is -0.101. The summed E-state index contributed by atoms with van der Waals surface area (Å²) in [6, 6.07) is 18.9. The average molecular weight is 403 g/mol. The summed E-state index contributed by atoms with van der Waals surface area (Å²) < 4.78 is 0. The van der Waals surface area contributed by atoms with E-state index in [4.69, 9.17) is 0 Å². The van der Waals surface area contributed by atoms with E-state index in [1.54, 1.807) is 5.30 Å². The van der Waals surface area contributed by atoms with Gasteiger partial charge in [0.2, 0.25) is 0 Å². The van der Waals surface area contributed by atoms with E-state index >= 15 is 0 Å². The van der Waals surface area contributed by atoms with E-state index in [1.807, 2.05) is 30.3 Å². The first-order valence-corrected chi connectivity index (χ1v) is 8.26. The second-order valence-electron chi connectivity index (χ2n) is 6.78. The zero-order valence-corrected chi connectivity index (χ0v) is 17.9. The van der Waals surface area contributed by atoms with Crippen LogP contribution in [-0.2, 0) is 17.1 Å². The van der Waals surface area contributed by atoms with Crippen LogP contribution in [0.5, 0.6) is 0 Å². The van der Waals surface area contributed by atoms with E-state index in [9.17, 15) is 0 Å². The van der Waals surface area contributed by atoms with Gasteiger partial charge in [-0.15, -0.1) is 38.0 Å². The van der Waals surface area contributed by atoms with Gasteiger partial charge in [0.05, 0.1) is 0 Å². The first kappa shape index (κ1) is 27.1. The van der Waals surface area contributed by atoms with Gasteiger partial charge >= 0.3 is 0 Å². The molecular weight excluding hydrogens is 374 g/mol. The molecular formula is C18H29Cl2FeP-6. The minimum absolute atomic E-state index is 0. The van der Waals surface area contributed by atoms with Crippen LogP contribution in [0, 0.1) is 0 Å². The van der Waals surface area contributed by atoms with Gasteiger partial charge in [-0.2, -0.15) is 12.1 Å². The molecule has 0 aliphatic heterocycles. The Morgan fingerprint density at radius 3 is 1.18 bits per heavy atom. The summed E-state index contributed by atoms with van der Waals surface area (Å²) in [7, 11) is -0.101. The van der Waals surface area contributed by atoms with Crippen LogP contribution in [0.3, 0.4) is 0 Å². The standard InChI is InChI=1S/C13H22P.C5H5.2ClH.Fe/c1-12(2,3)14(13(4,5)6)11-9-7-8-10-11;1-2-4-5-3-1;;;/h7-10H,1-6H3;1-5H;2*1H;/q-1;-5;;;. The Balaban J connectivity index is -0.000000388. The fourth-order valence-corrected chi connectivity index (χ4v) is 6.65. The van der Waals surface area contributed by atoms with Gasteiger partial charge in [-0.05, 0) is 10.3 Å². The van der Waals surface area contributed by atoms with E-state index in [-0.39, 0.29) is 49.8 Å². The summed E-state index contributed by atoms with van der Waals surface area (Å²) >= 11 is 0. The minimum Gasteiger partial charge on any atom is -0.748 e. The Morgan fingerprint density at radius 2 is 0.955 bits per heavy atom. The van der Waals surface area contributed by atoms with Crippen LogP contribution < -0.4 is 5.30 Å². The van der Waals surface area contributed by atoms with Gasteiger partial charge in [-0.25, -0.2) is 12.1 Å². The number of halogens is 2. The third-order valence-electron chi connectivity index (χ3n) is 2.80. The van der Waals surface area contributed by atoms with Crippen LogP contribution >= 0.6 is 32.7 Å². The monoisotopic (exact) mass is 402 g/mol. The van der Waals surface area contributed by atoms with E-state index in [0.717, 1.165) is 0 Å². The molecule has 0 spiro atoms. The third-order valence-corrected chi connectivity index (χ3v) is 6.30. The molecule has 0 aliphatic rings. The molecule has 0 amide bonds. The van der Waals surface area contributed by atoms with Crippen molar-refractivity contribution in [3.63, 3.8) is 0 Å². The van der Waals surface area contributed by atoms with Crippen molar-refractivity contribution in [1.29, 1.82) is 0 Å². The van der Waals surface area contributed by atoms with Gasteiger partial charge < -0.3 is 30.3 Å². The van der Waals surface area contributed by atoms with Crippen molar-refractivity contribution in [3.05, 3.63) is 54.6 Å². The summed E-state index contributed by atoms with van der Waals surface area (Å²) in [6.07, 6.45) is 0. The van der Waals surface area contributed by atoms with E-state index < -0.39 is 0 Å². The first-order chi connectivity index (χ1) is 8.73. The van der Waals surface area contributed by atoms with Crippen molar-refractivity contribution < 1.29 is 17.1 Å². The SMILES string of the molecule is CC(C)(C)P([c-]1cccc1)C(C)(C)C.Cl.Cl.[Fe].[cH-]1[cH-][cH-][cH-][cH-]1. The van der Waals surface area contributed by atoms with E-state index in [2.05, 4.69) is 65.8 Å². The predicted octanol–water partition coefficient (Wildman–Crippen LogP) is 6.36. The van der Waals surface area contributed by atoms with Crippen molar-refractivity contribution in [2.24, 2.45) is 0 Å². The zero-order chi connectivity index (χ0) is 14.5. The summed E-state index contributed by atoms with van der Waals surface area (Å²) in [4.78, 5) is 0. The molecule has 0 bridgehead atoms. The molecule has 2 aromatic carbocycles. The fourth-order valence-electron chi connectivity index (χ4n) is 2.61. The summed E-state index contributed by atoms with van der Waals surface area (Å²) in [5.74, 6) is 0. The van der Waals surface area contributed by atoms with Gasteiger partial charge in [-0.3, -0.25) is 0 Å². The smallest absolute Gasteiger partial charge is 0 e. The topological polar surface area (TPSA) is 0 Å². The van der Waals surface area contributed by atoms with Crippen LogP contribution in [0.1, 0.15) is 41.5 Å². The Hall–Kier alpha value is 0.229. The van der Waals surface area contributed by atoms with Crippen molar-refractivity contribution in [1.82, 2.24) is 0 Å². The molecule has 2 aromatic rings. The summed E-state index contributed by atoms with van der Waals surface area (Å²) in [5.41, 5.74) is 0. The van der Waals surface area contributed by atoms with E-state index in [1.165, 1.54) is 0 Å². The molecule has 0 atom stereocenters.